The number of hydrogen-bond donors (Lipinski definition) is 1. The van der Waals surface area contributed by atoms with Crippen LogP contribution in [0.2, 0.25) is 0 Å². The van der Waals surface area contributed by atoms with Crippen molar-refractivity contribution in [3.8, 4) is 0 Å². The molecular weight excluding hydrogens is 97.0 g/mol. The summed E-state index contributed by atoms with van der Waals surface area (Å²) in [6, 6.07) is 0. The van der Waals surface area contributed by atoms with Crippen LogP contribution in [0, 0.1) is 6.42 Å². The number of nitrogens with two attached hydrogens (primary N) is 1. The number of primary amides is 1. The number of carbonyl (C=O) groups is 1. The van der Waals surface area contributed by atoms with E-state index in [4.69, 9.17) is 0 Å². The normalized spacial score (nSPS) is 8.71. The average molecular weight is 104 g/mol. The highest BCUT2D eigenvalue weighted by molar-refractivity contribution is 5.82. The Morgan fingerprint density at radius 1 is 1.86 bits per heavy atom. The quantitative estimate of drug-likeness (QED) is 0.539. The molecule has 0 aliphatic rings. The van der Waals surface area contributed by atoms with Crippen molar-refractivity contribution in [2.75, 3.05) is 6.67 Å². The second-order valence-corrected chi connectivity index (χ2v) is 1.08. The first-order valence-electron chi connectivity index (χ1n) is 1.96. The monoisotopic (exact) mass is 104 g/mol. The fourth-order valence-electron chi connectivity index (χ4n) is 0.197. The largest absolute Gasteiger partial charge is 0.369 e. The smallest absolute Gasteiger partial charge is 0.221 e. The molecule has 0 rings (SSSR count). The molecule has 1 radical (unpaired) electrons. The van der Waals surface area contributed by atoms with Crippen LogP contribution in [0.5, 0.6) is 0 Å². The van der Waals surface area contributed by atoms with Gasteiger partial charge in [0.15, 0.2) is 0 Å². The molecule has 0 saturated heterocycles. The predicted octanol–water partition coefficient (Wildman–Crippen LogP) is 0.0356. The zero-order chi connectivity index (χ0) is 5.70. The Balaban J connectivity index is 2.82. The SMILES string of the molecule is NC(=O)[CH]CCF. The third kappa shape index (κ3) is 5.40. The number of alkyl halides is 1. The molecule has 0 aliphatic carbocycles. The summed E-state index contributed by atoms with van der Waals surface area (Å²) in [4.78, 5) is 9.76. The molecule has 0 aliphatic heterocycles. The minimum atomic E-state index is -0.558. The predicted molar refractivity (Wildman–Crippen MR) is 24.1 cm³/mol. The topological polar surface area (TPSA) is 43.1 Å². The van der Waals surface area contributed by atoms with Gasteiger partial charge in [0.25, 0.3) is 0 Å². The lowest BCUT2D eigenvalue weighted by Gasteiger charge is -1.84. The molecule has 3 heteroatoms. The summed E-state index contributed by atoms with van der Waals surface area (Å²) >= 11 is 0. The molecule has 0 fully saturated rings. The van der Waals surface area contributed by atoms with E-state index in [1.807, 2.05) is 0 Å². The molecule has 0 atom stereocenters. The van der Waals surface area contributed by atoms with Crippen LogP contribution < -0.4 is 5.73 Å². The van der Waals surface area contributed by atoms with Gasteiger partial charge in [0.05, 0.1) is 13.1 Å². The Hall–Kier alpha value is -0.600. The number of halogens is 1. The highest BCUT2D eigenvalue weighted by atomic mass is 19.1. The van der Waals surface area contributed by atoms with E-state index in [0.29, 0.717) is 0 Å². The van der Waals surface area contributed by atoms with Crippen LogP contribution in [0.3, 0.4) is 0 Å². The maximum Gasteiger partial charge on any atom is 0.221 e. The van der Waals surface area contributed by atoms with Gasteiger partial charge < -0.3 is 5.73 Å². The number of amides is 1. The summed E-state index contributed by atoms with van der Waals surface area (Å²) in [5.41, 5.74) is 4.62. The summed E-state index contributed by atoms with van der Waals surface area (Å²) < 4.78 is 11.1. The van der Waals surface area contributed by atoms with Gasteiger partial charge in [0, 0.05) is 0 Å². The third-order valence-corrected chi connectivity index (χ3v) is 0.455. The average Bonchev–Trinajstić information content (AvgIpc) is 1.61. The van der Waals surface area contributed by atoms with Gasteiger partial charge in [0.1, 0.15) is 0 Å². The number of rotatable bonds is 3. The first kappa shape index (κ1) is 6.40. The lowest BCUT2D eigenvalue weighted by Crippen LogP contribution is -2.10. The van der Waals surface area contributed by atoms with Crippen molar-refractivity contribution >= 4 is 5.91 Å². The second kappa shape index (κ2) is 3.59. The van der Waals surface area contributed by atoms with Gasteiger partial charge >= 0.3 is 0 Å². The Kier molecular flexibility index (Phi) is 3.28. The van der Waals surface area contributed by atoms with E-state index in [1.165, 1.54) is 0 Å². The van der Waals surface area contributed by atoms with E-state index in [2.05, 4.69) is 5.73 Å². The highest BCUT2D eigenvalue weighted by Gasteiger charge is 1.90. The molecule has 0 aromatic rings. The summed E-state index contributed by atoms with van der Waals surface area (Å²) in [5, 5.41) is 0. The molecule has 2 N–H and O–H groups in total. The maximum absolute atomic E-state index is 11.1. The van der Waals surface area contributed by atoms with Gasteiger partial charge in [0.2, 0.25) is 5.91 Å². The van der Waals surface area contributed by atoms with Crippen molar-refractivity contribution < 1.29 is 9.18 Å². The van der Waals surface area contributed by atoms with Crippen LogP contribution in [0.15, 0.2) is 0 Å². The van der Waals surface area contributed by atoms with E-state index >= 15 is 0 Å². The van der Waals surface area contributed by atoms with E-state index in [-0.39, 0.29) is 6.42 Å². The first-order valence-corrected chi connectivity index (χ1v) is 1.96. The minimum Gasteiger partial charge on any atom is -0.369 e. The van der Waals surface area contributed by atoms with E-state index in [9.17, 15) is 9.18 Å². The van der Waals surface area contributed by atoms with Crippen LogP contribution in [-0.2, 0) is 4.79 Å². The summed E-state index contributed by atoms with van der Waals surface area (Å²) in [7, 11) is 0. The Bertz CT molecular complexity index is 64.7. The van der Waals surface area contributed by atoms with Gasteiger partial charge in [-0.2, -0.15) is 0 Å². The van der Waals surface area contributed by atoms with Gasteiger partial charge in [-0.15, -0.1) is 0 Å². The van der Waals surface area contributed by atoms with Crippen molar-refractivity contribution in [2.24, 2.45) is 5.73 Å². The molecule has 0 bridgehead atoms. The molecule has 0 spiro atoms. The number of carbonyl (C=O) groups excluding carboxylic acids is 1. The van der Waals surface area contributed by atoms with Gasteiger partial charge in [-0.3, -0.25) is 9.18 Å². The second-order valence-electron chi connectivity index (χ2n) is 1.08. The molecule has 41 valence electrons. The zero-order valence-corrected chi connectivity index (χ0v) is 3.86. The lowest BCUT2D eigenvalue weighted by atomic mass is 10.3. The molecule has 0 unspecified atom stereocenters. The van der Waals surface area contributed by atoms with Crippen LogP contribution >= 0.6 is 0 Å². The standard InChI is InChI=1S/C4H7FNO/c5-3-1-2-4(6)7/h2H,1,3H2,(H2,6,7). The Morgan fingerprint density at radius 3 is 2.57 bits per heavy atom. The molecule has 0 heterocycles. The zero-order valence-electron chi connectivity index (χ0n) is 3.86. The molecule has 2 nitrogen and oxygen atoms in total. The van der Waals surface area contributed by atoms with Crippen LogP contribution in [0.25, 0.3) is 0 Å². The van der Waals surface area contributed by atoms with Gasteiger partial charge in [-0.25, -0.2) is 0 Å². The van der Waals surface area contributed by atoms with E-state index in [1.54, 1.807) is 0 Å². The first-order chi connectivity index (χ1) is 3.27. The van der Waals surface area contributed by atoms with Crippen molar-refractivity contribution in [3.63, 3.8) is 0 Å². The van der Waals surface area contributed by atoms with Gasteiger partial charge in [-0.1, -0.05) is 0 Å². The molecule has 0 saturated carbocycles. The third-order valence-electron chi connectivity index (χ3n) is 0.455. The van der Waals surface area contributed by atoms with E-state index in [0.717, 1.165) is 6.42 Å². The van der Waals surface area contributed by atoms with Crippen LogP contribution in [-0.4, -0.2) is 12.6 Å². The highest BCUT2D eigenvalue weighted by Crippen LogP contribution is 1.83. The van der Waals surface area contributed by atoms with Crippen molar-refractivity contribution in [2.45, 2.75) is 6.42 Å². The molecule has 0 aromatic carbocycles. The summed E-state index contributed by atoms with van der Waals surface area (Å²) in [5.74, 6) is -0.558. The fourth-order valence-corrected chi connectivity index (χ4v) is 0.197. The van der Waals surface area contributed by atoms with E-state index < -0.39 is 12.6 Å². The maximum atomic E-state index is 11.1. The van der Waals surface area contributed by atoms with Gasteiger partial charge in [-0.05, 0) is 6.42 Å². The van der Waals surface area contributed by atoms with Crippen molar-refractivity contribution in [1.29, 1.82) is 0 Å². The molecular formula is C4H7FNO. The fraction of sp³-hybridized carbons (Fsp3) is 0.500. The van der Waals surface area contributed by atoms with Crippen molar-refractivity contribution in [3.05, 3.63) is 6.42 Å². The molecule has 7 heavy (non-hydrogen) atoms. The summed E-state index contributed by atoms with van der Waals surface area (Å²) in [6.45, 7) is -0.511. The number of hydrogen-bond acceptors (Lipinski definition) is 1. The van der Waals surface area contributed by atoms with Crippen LogP contribution in [0.1, 0.15) is 6.42 Å². The Morgan fingerprint density at radius 2 is 2.43 bits per heavy atom. The molecule has 0 aromatic heterocycles. The Labute approximate surface area is 41.5 Å². The summed E-state index contributed by atoms with van der Waals surface area (Å²) in [6.07, 6.45) is 1.25. The van der Waals surface area contributed by atoms with Crippen LogP contribution in [0.4, 0.5) is 4.39 Å². The lowest BCUT2D eigenvalue weighted by molar-refractivity contribution is -0.115. The minimum absolute atomic E-state index is 0.134. The molecule has 1 amide bonds. The van der Waals surface area contributed by atoms with Crippen molar-refractivity contribution in [1.82, 2.24) is 0 Å².